The number of pyridine rings is 1. The molecular formula is C17H17ClN2O4. The van der Waals surface area contributed by atoms with E-state index in [1.807, 2.05) is 0 Å². The van der Waals surface area contributed by atoms with Crippen molar-refractivity contribution in [1.29, 1.82) is 0 Å². The number of carbonyl (C=O) groups excluding carboxylic acids is 1. The van der Waals surface area contributed by atoms with E-state index in [9.17, 15) is 4.79 Å². The van der Waals surface area contributed by atoms with Crippen molar-refractivity contribution >= 4 is 17.5 Å². The van der Waals surface area contributed by atoms with Gasteiger partial charge in [-0.25, -0.2) is 4.98 Å². The van der Waals surface area contributed by atoms with Crippen molar-refractivity contribution in [2.24, 2.45) is 0 Å². The summed E-state index contributed by atoms with van der Waals surface area (Å²) in [5.41, 5.74) is 0.514. The minimum Gasteiger partial charge on any atom is -0.497 e. The molecule has 1 fully saturated rings. The first-order valence-electron chi connectivity index (χ1n) is 7.40. The molecule has 24 heavy (non-hydrogen) atoms. The van der Waals surface area contributed by atoms with E-state index in [1.165, 1.54) is 0 Å². The summed E-state index contributed by atoms with van der Waals surface area (Å²) >= 11 is 6.02. The zero-order valence-corrected chi connectivity index (χ0v) is 14.1. The number of amides is 1. The number of ether oxygens (including phenoxy) is 3. The molecule has 0 atom stereocenters. The lowest BCUT2D eigenvalue weighted by atomic mass is 10.1. The minimum absolute atomic E-state index is 0.0980. The predicted octanol–water partition coefficient (Wildman–Crippen LogP) is 2.66. The maximum atomic E-state index is 12.5. The molecule has 1 aliphatic heterocycles. The molecule has 6 nitrogen and oxygen atoms in total. The van der Waals surface area contributed by atoms with Gasteiger partial charge in [0.2, 0.25) is 5.88 Å². The van der Waals surface area contributed by atoms with Gasteiger partial charge in [0.1, 0.15) is 22.6 Å². The van der Waals surface area contributed by atoms with E-state index in [1.54, 1.807) is 55.6 Å². The molecule has 1 amide bonds. The SMILES string of the molecule is COc1cc(OC)cc(C(=O)N2CC(Oc3ncccc3Cl)C2)c1. The van der Waals surface area contributed by atoms with Gasteiger partial charge in [-0.15, -0.1) is 0 Å². The summed E-state index contributed by atoms with van der Waals surface area (Å²) in [6.45, 7) is 0.955. The lowest BCUT2D eigenvalue weighted by Gasteiger charge is -2.38. The molecule has 2 aromatic rings. The van der Waals surface area contributed by atoms with Crippen molar-refractivity contribution in [2.75, 3.05) is 27.3 Å². The predicted molar refractivity (Wildman–Crippen MR) is 89.1 cm³/mol. The van der Waals surface area contributed by atoms with Crippen LogP contribution in [-0.4, -0.2) is 49.2 Å². The van der Waals surface area contributed by atoms with E-state index in [2.05, 4.69) is 4.98 Å². The highest BCUT2D eigenvalue weighted by Crippen LogP contribution is 2.27. The fourth-order valence-electron chi connectivity index (χ4n) is 2.41. The third-order valence-electron chi connectivity index (χ3n) is 3.74. The maximum Gasteiger partial charge on any atom is 0.254 e. The Balaban J connectivity index is 1.63. The highest BCUT2D eigenvalue weighted by molar-refractivity contribution is 6.31. The normalized spacial score (nSPS) is 14.0. The van der Waals surface area contributed by atoms with Crippen LogP contribution < -0.4 is 14.2 Å². The largest absolute Gasteiger partial charge is 0.497 e. The number of carbonyl (C=O) groups is 1. The average molecular weight is 349 g/mol. The molecule has 0 bridgehead atoms. The van der Waals surface area contributed by atoms with Gasteiger partial charge in [0.05, 0.1) is 27.3 Å². The first-order chi connectivity index (χ1) is 11.6. The van der Waals surface area contributed by atoms with Crippen LogP contribution in [0.25, 0.3) is 0 Å². The number of rotatable bonds is 5. The number of halogens is 1. The zero-order valence-electron chi connectivity index (χ0n) is 13.4. The summed E-state index contributed by atoms with van der Waals surface area (Å²) in [5.74, 6) is 1.44. The number of aromatic nitrogens is 1. The van der Waals surface area contributed by atoms with Crippen LogP contribution in [-0.2, 0) is 0 Å². The molecule has 1 aromatic carbocycles. The monoisotopic (exact) mass is 348 g/mol. The lowest BCUT2D eigenvalue weighted by Crippen LogP contribution is -2.56. The topological polar surface area (TPSA) is 60.9 Å². The van der Waals surface area contributed by atoms with E-state index in [0.29, 0.717) is 41.1 Å². The molecular weight excluding hydrogens is 332 g/mol. The molecule has 126 valence electrons. The molecule has 0 radical (unpaired) electrons. The van der Waals surface area contributed by atoms with Gasteiger partial charge in [0, 0.05) is 17.8 Å². The number of hydrogen-bond donors (Lipinski definition) is 0. The molecule has 0 saturated carbocycles. The Bertz CT molecular complexity index is 725. The van der Waals surface area contributed by atoms with E-state index in [0.717, 1.165) is 0 Å². The summed E-state index contributed by atoms with van der Waals surface area (Å²) in [5, 5.41) is 0.458. The quantitative estimate of drug-likeness (QED) is 0.831. The van der Waals surface area contributed by atoms with Crippen molar-refractivity contribution in [3.05, 3.63) is 47.1 Å². The Labute approximate surface area is 144 Å². The van der Waals surface area contributed by atoms with Gasteiger partial charge >= 0.3 is 0 Å². The van der Waals surface area contributed by atoms with Crippen LogP contribution in [0.4, 0.5) is 0 Å². The number of benzene rings is 1. The fourth-order valence-corrected chi connectivity index (χ4v) is 2.57. The van der Waals surface area contributed by atoms with Gasteiger partial charge in [-0.2, -0.15) is 0 Å². The van der Waals surface area contributed by atoms with Crippen LogP contribution in [0.1, 0.15) is 10.4 Å². The van der Waals surface area contributed by atoms with Crippen LogP contribution in [0, 0.1) is 0 Å². The number of hydrogen-bond acceptors (Lipinski definition) is 5. The van der Waals surface area contributed by atoms with Crippen LogP contribution in [0.15, 0.2) is 36.5 Å². The Morgan fingerprint density at radius 2 is 1.88 bits per heavy atom. The Morgan fingerprint density at radius 3 is 2.46 bits per heavy atom. The molecule has 0 unspecified atom stereocenters. The van der Waals surface area contributed by atoms with Crippen LogP contribution in [0.2, 0.25) is 5.02 Å². The van der Waals surface area contributed by atoms with Crippen molar-refractivity contribution in [3.8, 4) is 17.4 Å². The molecule has 2 heterocycles. The Hall–Kier alpha value is -2.47. The van der Waals surface area contributed by atoms with E-state index < -0.39 is 0 Å². The summed E-state index contributed by atoms with van der Waals surface area (Å²) in [6.07, 6.45) is 1.50. The summed E-state index contributed by atoms with van der Waals surface area (Å²) in [7, 11) is 3.10. The molecule has 1 aromatic heterocycles. The van der Waals surface area contributed by atoms with Crippen LogP contribution >= 0.6 is 11.6 Å². The molecule has 0 aliphatic carbocycles. The maximum absolute atomic E-state index is 12.5. The van der Waals surface area contributed by atoms with Crippen LogP contribution in [0.3, 0.4) is 0 Å². The molecule has 1 aliphatic rings. The molecule has 7 heteroatoms. The first-order valence-corrected chi connectivity index (χ1v) is 7.78. The smallest absolute Gasteiger partial charge is 0.254 e. The third-order valence-corrected chi connectivity index (χ3v) is 4.02. The third kappa shape index (κ3) is 3.38. The number of methoxy groups -OCH3 is 2. The second kappa shape index (κ2) is 6.97. The van der Waals surface area contributed by atoms with E-state index in [4.69, 9.17) is 25.8 Å². The zero-order chi connectivity index (χ0) is 17.1. The van der Waals surface area contributed by atoms with Crippen molar-refractivity contribution in [3.63, 3.8) is 0 Å². The summed E-state index contributed by atoms with van der Waals surface area (Å²) in [4.78, 5) is 18.3. The standard InChI is InChI=1S/C17H17ClN2O4/c1-22-12-6-11(7-13(8-12)23-2)17(21)20-9-14(10-20)24-16-15(18)4-3-5-19-16/h3-8,14H,9-10H2,1-2H3. The molecule has 0 spiro atoms. The number of likely N-dealkylation sites (tertiary alicyclic amines) is 1. The van der Waals surface area contributed by atoms with Gasteiger partial charge < -0.3 is 19.1 Å². The summed E-state index contributed by atoms with van der Waals surface area (Å²) in [6, 6.07) is 8.56. The summed E-state index contributed by atoms with van der Waals surface area (Å²) < 4.78 is 16.1. The van der Waals surface area contributed by atoms with Crippen LogP contribution in [0.5, 0.6) is 17.4 Å². The molecule has 1 saturated heterocycles. The highest BCUT2D eigenvalue weighted by Gasteiger charge is 2.33. The van der Waals surface area contributed by atoms with Crippen molar-refractivity contribution in [1.82, 2.24) is 9.88 Å². The van der Waals surface area contributed by atoms with E-state index in [-0.39, 0.29) is 12.0 Å². The van der Waals surface area contributed by atoms with E-state index >= 15 is 0 Å². The Kier molecular flexibility index (Phi) is 4.76. The van der Waals surface area contributed by atoms with Gasteiger partial charge in [-0.05, 0) is 24.3 Å². The minimum atomic E-state index is -0.117. The number of nitrogens with zero attached hydrogens (tertiary/aromatic N) is 2. The van der Waals surface area contributed by atoms with Gasteiger partial charge in [0.25, 0.3) is 5.91 Å². The second-order valence-electron chi connectivity index (χ2n) is 5.34. The lowest BCUT2D eigenvalue weighted by molar-refractivity contribution is 0.0160. The van der Waals surface area contributed by atoms with Gasteiger partial charge in [0.15, 0.2) is 0 Å². The van der Waals surface area contributed by atoms with Crippen molar-refractivity contribution < 1.29 is 19.0 Å². The van der Waals surface area contributed by atoms with Gasteiger partial charge in [-0.1, -0.05) is 11.6 Å². The fraction of sp³-hybridized carbons (Fsp3) is 0.294. The second-order valence-corrected chi connectivity index (χ2v) is 5.75. The van der Waals surface area contributed by atoms with Gasteiger partial charge in [-0.3, -0.25) is 4.79 Å². The van der Waals surface area contributed by atoms with Crippen molar-refractivity contribution in [2.45, 2.75) is 6.10 Å². The highest BCUT2D eigenvalue weighted by atomic mass is 35.5. The molecule has 0 N–H and O–H groups in total. The first kappa shape index (κ1) is 16.4. The Morgan fingerprint density at radius 1 is 1.21 bits per heavy atom. The molecule has 3 rings (SSSR count). The average Bonchev–Trinajstić information content (AvgIpc) is 2.58.